The van der Waals surface area contributed by atoms with E-state index in [4.69, 9.17) is 19.9 Å². The number of Topliss-reactive ketones (excluding diaryl/α,β-unsaturated/α-hetero) is 1. The predicted octanol–water partition coefficient (Wildman–Crippen LogP) is 0.0978. The van der Waals surface area contributed by atoms with Gasteiger partial charge in [0, 0.05) is 92.5 Å². The molecule has 0 aliphatic carbocycles. The lowest BCUT2D eigenvalue weighted by Crippen LogP contribution is -2.58. The summed E-state index contributed by atoms with van der Waals surface area (Å²) >= 11 is 1.85. The molecule has 3 aliphatic rings. The van der Waals surface area contributed by atoms with Crippen LogP contribution < -0.4 is 53.6 Å². The molecule has 2 fully saturated rings. The van der Waals surface area contributed by atoms with Gasteiger partial charge in [0.25, 0.3) is 0 Å². The van der Waals surface area contributed by atoms with Gasteiger partial charge in [0.1, 0.15) is 36.8 Å². The van der Waals surface area contributed by atoms with Gasteiger partial charge in [-0.3, -0.25) is 47.8 Å². The first-order chi connectivity index (χ1) is 45.9. The molecule has 29 heteroatoms. The summed E-state index contributed by atoms with van der Waals surface area (Å²) in [6.07, 6.45) is 6.37. The van der Waals surface area contributed by atoms with Gasteiger partial charge in [0.2, 0.25) is 47.3 Å². The molecule has 2 bridgehead atoms. The highest BCUT2D eigenvalue weighted by Gasteiger charge is 2.43. The average Bonchev–Trinajstić information content (AvgIpc) is 1.81. The number of nitrogens with one attached hydrogen (secondary N) is 9. The minimum atomic E-state index is -1.59. The normalized spacial score (nSPS) is 23.6. The molecule has 10 amide bonds. The number of benzene rings is 3. The Bertz CT molecular complexity index is 3410. The third-order valence-electron chi connectivity index (χ3n) is 16.8. The van der Waals surface area contributed by atoms with Gasteiger partial charge >= 0.3 is 6.03 Å². The Morgan fingerprint density at radius 3 is 2.07 bits per heavy atom. The second kappa shape index (κ2) is 36.8. The highest BCUT2D eigenvalue weighted by Crippen LogP contribution is 2.33. The van der Waals surface area contributed by atoms with Crippen LogP contribution in [0.15, 0.2) is 97.3 Å². The summed E-state index contributed by atoms with van der Waals surface area (Å²) in [4.78, 5) is 137. The number of rotatable bonds is 25. The zero-order valence-electron chi connectivity index (χ0n) is 53.6. The Hall–Kier alpha value is -8.77. The van der Waals surface area contributed by atoms with Gasteiger partial charge in [-0.25, -0.2) is 4.79 Å². The van der Waals surface area contributed by atoms with Crippen molar-refractivity contribution < 1.29 is 67.3 Å². The Labute approximate surface area is 555 Å². The number of para-hydroxylation sites is 1. The molecule has 2 saturated heterocycles. The number of carbonyl (C=O) groups is 10. The van der Waals surface area contributed by atoms with Crippen LogP contribution in [0.3, 0.4) is 0 Å². The van der Waals surface area contributed by atoms with Crippen LogP contribution in [0.25, 0.3) is 10.9 Å². The van der Waals surface area contributed by atoms with Crippen LogP contribution in [-0.2, 0) is 96.6 Å². The summed E-state index contributed by atoms with van der Waals surface area (Å²) in [5, 5.41) is 45.2. The second-order valence-corrected chi connectivity index (χ2v) is 25.4. The quantitative estimate of drug-likeness (QED) is 0.0273. The minimum Gasteiger partial charge on any atom is -0.394 e. The largest absolute Gasteiger partial charge is 0.394 e. The first-order valence-electron chi connectivity index (χ1n) is 32.3. The fourth-order valence-electron chi connectivity index (χ4n) is 11.7. The van der Waals surface area contributed by atoms with Crippen LogP contribution >= 0.6 is 11.8 Å². The highest BCUT2D eigenvalue weighted by atomic mass is 32.2. The Balaban J connectivity index is 0.912. The van der Waals surface area contributed by atoms with Crippen molar-refractivity contribution in [3.05, 3.63) is 120 Å². The van der Waals surface area contributed by atoms with Crippen molar-refractivity contribution in [2.75, 3.05) is 58.5 Å². The van der Waals surface area contributed by atoms with Gasteiger partial charge in [0.15, 0.2) is 5.78 Å². The first-order valence-corrected chi connectivity index (χ1v) is 33.4. The van der Waals surface area contributed by atoms with Crippen LogP contribution in [0.5, 0.6) is 0 Å². The number of ether oxygens (including phenoxy) is 3. The van der Waals surface area contributed by atoms with Gasteiger partial charge in [-0.15, -0.1) is 5.10 Å². The number of urea groups is 1. The number of primary amides is 1. The summed E-state index contributed by atoms with van der Waals surface area (Å²) < 4.78 is 20.2. The zero-order valence-corrected chi connectivity index (χ0v) is 54.4. The molecule has 5 aromatic rings. The van der Waals surface area contributed by atoms with E-state index in [1.54, 1.807) is 66.9 Å². The van der Waals surface area contributed by atoms with Gasteiger partial charge < -0.3 is 77.5 Å². The maximum Gasteiger partial charge on any atom is 0.315 e. The molecule has 5 heterocycles. The van der Waals surface area contributed by atoms with Crippen molar-refractivity contribution in [2.24, 2.45) is 18.7 Å². The molecule has 12 N–H and O–H groups in total. The number of amides is 10. The summed E-state index contributed by atoms with van der Waals surface area (Å²) in [7, 11) is 1.83. The number of aliphatic hydroxyl groups is 1. The Morgan fingerprint density at radius 2 is 1.34 bits per heavy atom. The number of hydrogen-bond donors (Lipinski definition) is 11. The molecule has 0 saturated carbocycles. The van der Waals surface area contributed by atoms with E-state index >= 15 is 0 Å². The molecule has 0 radical (unpaired) electrons. The van der Waals surface area contributed by atoms with E-state index in [-0.39, 0.29) is 101 Å². The summed E-state index contributed by atoms with van der Waals surface area (Å²) in [5.74, 6) is -6.39. The standard InChI is InChI=1S/C66H88N14O14S/c1-41-55(82)34-44(31-42-15-5-3-6-16-42)61(86)72-50(33-45-36-79(2)54-21-10-9-19-47(45)54)63(88)74-52(38-81)65(90)71-48(60(67)85)20-13-14-25-80-37-46(77-78-80)35-51(64(89)73-49(62(87)69-41)32-43-17-7-4-8-18-43)70-58(84)39-94-30-29-93-28-27-92-26-24-68-57(83)23-12-11-22-56-59-53(40-95-56)75-66(91)76-59/h3-10,15-19,21,36-37,41,44,48-53,56,59,81H,11-14,20,22-35,38-40H2,1-2H3,(H2,67,85)(H,68,83)(H,69,87)(H,70,84)(H,71,90)(H,72,86)(H,73,89)(H,74,88)(H2,75,76,91)/t41-,44+,48+,49-,50+,51+,52-,53+,56+,59+/m1/s1. The van der Waals surface area contributed by atoms with Gasteiger partial charge in [-0.2, -0.15) is 11.8 Å². The lowest BCUT2D eigenvalue weighted by Gasteiger charge is -2.26. The Morgan fingerprint density at radius 1 is 0.684 bits per heavy atom. The molecule has 0 spiro atoms. The smallest absolute Gasteiger partial charge is 0.315 e. The van der Waals surface area contributed by atoms with E-state index in [2.05, 4.69) is 58.2 Å². The average molecular weight is 1330 g/mol. The third kappa shape index (κ3) is 22.4. The lowest BCUT2D eigenvalue weighted by molar-refractivity contribution is -0.136. The summed E-state index contributed by atoms with van der Waals surface area (Å²) in [6, 6.07) is 17.3. The van der Waals surface area contributed by atoms with Gasteiger partial charge in [-0.1, -0.05) is 90.5 Å². The van der Waals surface area contributed by atoms with Crippen molar-refractivity contribution in [3.8, 4) is 0 Å². The topological polar surface area (TPSA) is 389 Å². The van der Waals surface area contributed by atoms with Gasteiger partial charge in [0.05, 0.1) is 63.5 Å². The van der Waals surface area contributed by atoms with Crippen molar-refractivity contribution in [2.45, 2.75) is 144 Å². The molecule has 28 nitrogen and oxygen atoms in total. The molecule has 2 aromatic heterocycles. The van der Waals surface area contributed by atoms with E-state index in [9.17, 15) is 53.1 Å². The zero-order chi connectivity index (χ0) is 67.6. The summed E-state index contributed by atoms with van der Waals surface area (Å²) in [5.41, 5.74) is 8.89. The van der Waals surface area contributed by atoms with Crippen molar-refractivity contribution in [1.82, 2.24) is 67.4 Å². The third-order valence-corrected chi connectivity index (χ3v) is 18.3. The number of carbonyl (C=O) groups excluding carboxylic acids is 10. The number of hydrogen-bond acceptors (Lipinski definition) is 17. The van der Waals surface area contributed by atoms with Gasteiger partial charge in [-0.05, 0) is 68.2 Å². The number of aryl methyl sites for hydroxylation is 2. The number of aromatic nitrogens is 4. The van der Waals surface area contributed by atoms with Crippen LogP contribution in [0.4, 0.5) is 4.79 Å². The molecule has 95 heavy (non-hydrogen) atoms. The first kappa shape index (κ1) is 72.1. The van der Waals surface area contributed by atoms with E-state index in [0.717, 1.165) is 35.9 Å². The molecule has 0 unspecified atom stereocenters. The molecular formula is C66H88N14O14S. The summed E-state index contributed by atoms with van der Waals surface area (Å²) in [6.45, 7) is 1.54. The molecule has 3 aromatic carbocycles. The monoisotopic (exact) mass is 1330 g/mol. The number of nitrogens with two attached hydrogens (primary N) is 1. The van der Waals surface area contributed by atoms with E-state index in [1.807, 2.05) is 53.8 Å². The molecular weight excluding hydrogens is 1240 g/mol. The van der Waals surface area contributed by atoms with Crippen molar-refractivity contribution in [1.29, 1.82) is 0 Å². The van der Waals surface area contributed by atoms with Crippen LogP contribution in [0.2, 0.25) is 0 Å². The van der Waals surface area contributed by atoms with Crippen molar-refractivity contribution in [3.63, 3.8) is 0 Å². The predicted molar refractivity (Wildman–Crippen MR) is 351 cm³/mol. The molecule has 8 rings (SSSR count). The Kier molecular flexibility index (Phi) is 27.9. The van der Waals surface area contributed by atoms with E-state index < -0.39 is 109 Å². The van der Waals surface area contributed by atoms with E-state index in [1.165, 1.54) is 11.6 Å². The number of fused-ring (bicyclic) bond motifs is 4. The SMILES string of the molecule is C[C@H]1NC(=O)[C@@H](Cc2ccccc2)NC(=O)[C@@H](NC(=O)COCCOCCOCCNC(=O)CCCC[C@@H]2SC[C@@H]3NC(=O)N[C@@H]32)Cc2cn(nn2)CCCC[C@@H](C(N)=O)NC(=O)[C@@H](CO)NC(=O)[C@H](Cc2cn(C)c3ccccc23)NC(=O)[C@@H](Cc2ccccc2)CC1=O. The number of thioether (sulfide) groups is 1. The van der Waals surface area contributed by atoms with Crippen LogP contribution in [0, 0.1) is 5.92 Å². The number of nitrogens with zero attached hydrogens (tertiary/aromatic N) is 4. The highest BCUT2D eigenvalue weighted by molar-refractivity contribution is 8.00. The number of ketones is 1. The second-order valence-electron chi connectivity index (χ2n) is 24.1. The van der Waals surface area contributed by atoms with Crippen LogP contribution in [-0.4, -0.2) is 196 Å². The molecule has 10 atom stereocenters. The van der Waals surface area contributed by atoms with E-state index in [0.29, 0.717) is 47.7 Å². The van der Waals surface area contributed by atoms with Crippen LogP contribution in [0.1, 0.15) is 80.7 Å². The minimum absolute atomic E-state index is 0.00773. The maximum atomic E-state index is 14.8. The van der Waals surface area contributed by atoms with Crippen molar-refractivity contribution >= 4 is 81.7 Å². The number of aliphatic hydroxyl groups excluding tert-OH is 1. The fourth-order valence-corrected chi connectivity index (χ4v) is 13.2. The fraction of sp³-hybridized carbons (Fsp3) is 0.515. The molecule has 3 aliphatic heterocycles. The molecule has 512 valence electrons. The lowest BCUT2D eigenvalue weighted by atomic mass is 9.91. The maximum absolute atomic E-state index is 14.8. The number of unbranched alkanes of at least 4 members (excludes halogenated alkanes) is 1.